The molecule has 50 heavy (non-hydrogen) atoms. The maximum Gasteiger partial charge on any atom is 0.324 e. The monoisotopic (exact) mass is 737 g/mol. The highest BCUT2D eigenvalue weighted by Crippen LogP contribution is 2.53. The van der Waals surface area contributed by atoms with Crippen LogP contribution in [0.4, 0.5) is 10.5 Å². The Kier molecular flexibility index (Phi) is 16.9. The SMILES string of the molecule is CCCCCCCCCCCCCCCC(=O)ON[C@H](CCN1CCC2(CC2)[C@H](O)C1)N1CCN(C(=O)Nc2ccc(Cl)c(Cl)c2)[C@@H](C)C1=O. The Morgan fingerprint density at radius 2 is 1.56 bits per heavy atom. The van der Waals surface area contributed by atoms with Crippen molar-refractivity contribution in [3.05, 3.63) is 28.2 Å². The molecule has 0 bridgehead atoms. The molecule has 282 valence electrons. The topological polar surface area (TPSA) is 114 Å². The van der Waals surface area contributed by atoms with Crippen molar-refractivity contribution in [2.24, 2.45) is 5.41 Å². The molecule has 10 nitrogen and oxygen atoms in total. The highest BCUT2D eigenvalue weighted by molar-refractivity contribution is 6.42. The molecule has 0 aromatic heterocycles. The van der Waals surface area contributed by atoms with E-state index >= 15 is 0 Å². The third kappa shape index (κ3) is 12.5. The van der Waals surface area contributed by atoms with Gasteiger partial charge in [-0.2, -0.15) is 0 Å². The lowest BCUT2D eigenvalue weighted by molar-refractivity contribution is -0.163. The smallest absolute Gasteiger partial charge is 0.324 e. The molecule has 2 saturated heterocycles. The Hall–Kier alpha value is -2.11. The van der Waals surface area contributed by atoms with E-state index in [-0.39, 0.29) is 29.9 Å². The number of hydrogen-bond acceptors (Lipinski definition) is 7. The Labute approximate surface area is 309 Å². The molecule has 3 atom stereocenters. The molecule has 1 spiro atoms. The van der Waals surface area contributed by atoms with Gasteiger partial charge in [0.1, 0.15) is 12.2 Å². The van der Waals surface area contributed by atoms with E-state index in [1.165, 1.54) is 69.1 Å². The number of hydroxylamine groups is 1. The maximum atomic E-state index is 13.7. The van der Waals surface area contributed by atoms with Crippen LogP contribution < -0.4 is 10.8 Å². The summed E-state index contributed by atoms with van der Waals surface area (Å²) < 4.78 is 0. The van der Waals surface area contributed by atoms with Crippen molar-refractivity contribution in [2.45, 2.75) is 148 Å². The number of nitrogens with zero attached hydrogens (tertiary/aromatic N) is 3. The van der Waals surface area contributed by atoms with Gasteiger partial charge in [-0.25, -0.2) is 4.79 Å². The van der Waals surface area contributed by atoms with E-state index in [0.29, 0.717) is 48.2 Å². The van der Waals surface area contributed by atoms with Gasteiger partial charge in [0.05, 0.1) is 16.1 Å². The van der Waals surface area contributed by atoms with Gasteiger partial charge in [-0.05, 0) is 69.2 Å². The van der Waals surface area contributed by atoms with Crippen LogP contribution in [-0.4, -0.2) is 88.7 Å². The zero-order valence-corrected chi connectivity index (χ0v) is 31.9. The van der Waals surface area contributed by atoms with Crippen LogP contribution in [-0.2, 0) is 14.4 Å². The molecule has 3 fully saturated rings. The second kappa shape index (κ2) is 20.8. The number of piperidine rings is 1. The fourth-order valence-electron chi connectivity index (χ4n) is 7.33. The fourth-order valence-corrected chi connectivity index (χ4v) is 7.63. The summed E-state index contributed by atoms with van der Waals surface area (Å²) in [5.41, 5.74) is 3.52. The zero-order chi connectivity index (χ0) is 35.9. The van der Waals surface area contributed by atoms with Crippen LogP contribution in [0.2, 0.25) is 10.0 Å². The van der Waals surface area contributed by atoms with E-state index in [1.54, 1.807) is 30.0 Å². The minimum Gasteiger partial charge on any atom is -0.391 e. The van der Waals surface area contributed by atoms with Crippen LogP contribution in [0.5, 0.6) is 0 Å². The van der Waals surface area contributed by atoms with Gasteiger partial charge in [-0.15, -0.1) is 5.48 Å². The molecule has 3 aliphatic rings. The number of β-amino-alcohol motifs (C(OH)–C–C–N with tert-alkyl or cyclic N) is 1. The molecular formula is C38H61Cl2N5O5. The first-order valence-electron chi connectivity index (χ1n) is 19.3. The first kappa shape index (κ1) is 40.7. The number of carbonyl (C=O) groups is 3. The maximum absolute atomic E-state index is 13.7. The first-order chi connectivity index (χ1) is 24.1. The summed E-state index contributed by atoms with van der Waals surface area (Å²) in [7, 11) is 0. The van der Waals surface area contributed by atoms with E-state index in [1.807, 2.05) is 0 Å². The standard InChI is InChI=1S/C38H61Cl2N5O5/c1-3-4-5-6-7-8-9-10-11-12-13-14-15-16-35(47)50-42-34(19-23-43-24-22-38(20-21-38)33(46)28-43)45-26-25-44(29(2)36(45)48)37(49)41-30-17-18-31(39)32(40)27-30/h17-18,27,29,33-34,42,46H,3-16,19-26,28H2,1-2H3,(H,41,49)/t29-,33+,34-/m0/s1. The van der Waals surface area contributed by atoms with Crippen LogP contribution in [0.1, 0.15) is 129 Å². The molecule has 4 rings (SSSR count). The number of carbonyl (C=O) groups excluding carboxylic acids is 3. The normalized spacial score (nSPS) is 21.0. The highest BCUT2D eigenvalue weighted by Gasteiger charge is 2.51. The van der Waals surface area contributed by atoms with E-state index in [2.05, 4.69) is 22.6 Å². The van der Waals surface area contributed by atoms with Crippen LogP contribution in [0, 0.1) is 5.41 Å². The summed E-state index contributed by atoms with van der Waals surface area (Å²) in [6.07, 6.45) is 19.2. The van der Waals surface area contributed by atoms with Crippen LogP contribution in [0.3, 0.4) is 0 Å². The molecule has 3 N–H and O–H groups in total. The molecule has 1 aromatic rings. The molecule has 1 aromatic carbocycles. The lowest BCUT2D eigenvalue weighted by atomic mass is 9.90. The van der Waals surface area contributed by atoms with Crippen LogP contribution in [0.15, 0.2) is 18.2 Å². The van der Waals surface area contributed by atoms with Gasteiger partial charge in [-0.3, -0.25) is 9.59 Å². The van der Waals surface area contributed by atoms with Gasteiger partial charge in [0, 0.05) is 38.3 Å². The number of anilines is 1. The fraction of sp³-hybridized carbons (Fsp3) is 0.763. The van der Waals surface area contributed by atoms with Gasteiger partial charge in [0.25, 0.3) is 0 Å². The van der Waals surface area contributed by atoms with Crippen molar-refractivity contribution in [1.82, 2.24) is 20.2 Å². The number of hydrogen-bond donors (Lipinski definition) is 3. The summed E-state index contributed by atoms with van der Waals surface area (Å²) in [6, 6.07) is 3.69. The van der Waals surface area contributed by atoms with E-state index < -0.39 is 18.2 Å². The first-order valence-corrected chi connectivity index (χ1v) is 20.1. The largest absolute Gasteiger partial charge is 0.391 e. The third-order valence-electron chi connectivity index (χ3n) is 11.0. The highest BCUT2D eigenvalue weighted by atomic mass is 35.5. The number of aliphatic hydroxyl groups is 1. The van der Waals surface area contributed by atoms with E-state index in [9.17, 15) is 19.5 Å². The number of piperazine rings is 1. The average Bonchev–Trinajstić information content (AvgIpc) is 3.88. The second-order valence-electron chi connectivity index (χ2n) is 14.8. The Balaban J connectivity index is 1.21. The van der Waals surface area contributed by atoms with Gasteiger partial charge in [0.15, 0.2) is 0 Å². The van der Waals surface area contributed by atoms with Crippen molar-refractivity contribution in [3.63, 3.8) is 0 Å². The number of benzene rings is 1. The summed E-state index contributed by atoms with van der Waals surface area (Å²) in [5.74, 6) is -0.566. The van der Waals surface area contributed by atoms with Gasteiger partial charge in [0.2, 0.25) is 5.91 Å². The average molecular weight is 739 g/mol. The lowest BCUT2D eigenvalue weighted by Crippen LogP contribution is -2.63. The number of nitrogens with one attached hydrogen (secondary N) is 2. The summed E-state index contributed by atoms with van der Waals surface area (Å²) in [6.45, 7) is 6.68. The van der Waals surface area contributed by atoms with Crippen molar-refractivity contribution in [2.75, 3.05) is 38.0 Å². The van der Waals surface area contributed by atoms with E-state index in [0.717, 1.165) is 45.1 Å². The number of aliphatic hydroxyl groups excluding tert-OH is 1. The molecule has 3 amide bonds. The zero-order valence-electron chi connectivity index (χ0n) is 30.4. The molecule has 12 heteroatoms. The number of halogens is 2. The van der Waals surface area contributed by atoms with Gasteiger partial charge < -0.3 is 30.0 Å². The predicted octanol–water partition coefficient (Wildman–Crippen LogP) is 8.15. The molecule has 1 saturated carbocycles. The molecule has 1 aliphatic carbocycles. The molecule has 0 unspecified atom stereocenters. The van der Waals surface area contributed by atoms with Crippen LogP contribution >= 0.6 is 23.2 Å². The number of rotatable bonds is 21. The van der Waals surface area contributed by atoms with Crippen molar-refractivity contribution >= 4 is 46.8 Å². The minimum atomic E-state index is -0.733. The quantitative estimate of drug-likeness (QED) is 0.0862. The predicted molar refractivity (Wildman–Crippen MR) is 200 cm³/mol. The summed E-state index contributed by atoms with van der Waals surface area (Å²) >= 11 is 12.1. The summed E-state index contributed by atoms with van der Waals surface area (Å²) in [4.78, 5) is 50.6. The van der Waals surface area contributed by atoms with E-state index in [4.69, 9.17) is 28.0 Å². The number of amides is 3. The lowest BCUT2D eigenvalue weighted by Gasteiger charge is -2.43. The molecule has 2 aliphatic heterocycles. The number of unbranched alkanes of at least 4 members (excludes halogenated alkanes) is 12. The van der Waals surface area contributed by atoms with Crippen molar-refractivity contribution in [1.29, 1.82) is 0 Å². The van der Waals surface area contributed by atoms with Gasteiger partial charge >= 0.3 is 12.0 Å². The molecule has 2 heterocycles. The number of urea groups is 1. The minimum absolute atomic E-state index is 0.108. The van der Waals surface area contributed by atoms with Gasteiger partial charge in [-0.1, -0.05) is 107 Å². The summed E-state index contributed by atoms with van der Waals surface area (Å²) in [5, 5.41) is 14.2. The second-order valence-corrected chi connectivity index (χ2v) is 15.6. The molecule has 0 radical (unpaired) electrons. The Morgan fingerprint density at radius 1 is 0.920 bits per heavy atom. The molecular weight excluding hydrogens is 677 g/mol. The van der Waals surface area contributed by atoms with Crippen molar-refractivity contribution in [3.8, 4) is 0 Å². The Bertz CT molecular complexity index is 1230. The number of likely N-dealkylation sites (tertiary alicyclic amines) is 1. The van der Waals surface area contributed by atoms with Crippen molar-refractivity contribution < 1.29 is 24.3 Å². The third-order valence-corrected chi connectivity index (χ3v) is 11.7. The van der Waals surface area contributed by atoms with Crippen LogP contribution in [0.25, 0.3) is 0 Å². The Morgan fingerprint density at radius 3 is 2.16 bits per heavy atom.